The molecule has 0 spiro atoms. The number of rotatable bonds is 6. The topological polar surface area (TPSA) is 44.8 Å². The third kappa shape index (κ3) is 3.20. The first-order valence-corrected chi connectivity index (χ1v) is 5.41. The second-order valence-corrected chi connectivity index (χ2v) is 3.71. The van der Waals surface area contributed by atoms with E-state index in [4.69, 9.17) is 14.2 Å². The van der Waals surface area contributed by atoms with Gasteiger partial charge in [0.15, 0.2) is 5.78 Å². The quantitative estimate of drug-likeness (QED) is 0.713. The lowest BCUT2D eigenvalue weighted by Crippen LogP contribution is -2.14. The number of benzene rings is 1. The zero-order chi connectivity index (χ0) is 12.8. The van der Waals surface area contributed by atoms with Crippen LogP contribution in [0.5, 0.6) is 11.5 Å². The molecule has 0 heterocycles. The van der Waals surface area contributed by atoms with Crippen LogP contribution in [-0.2, 0) is 4.74 Å². The average molecular weight is 238 g/mol. The van der Waals surface area contributed by atoms with Crippen molar-refractivity contribution in [3.63, 3.8) is 0 Å². The van der Waals surface area contributed by atoms with Gasteiger partial charge in [0.05, 0.1) is 20.3 Å². The van der Waals surface area contributed by atoms with Crippen molar-refractivity contribution in [3.05, 3.63) is 23.8 Å². The van der Waals surface area contributed by atoms with Crippen molar-refractivity contribution < 1.29 is 19.0 Å². The minimum absolute atomic E-state index is 0.0475. The van der Waals surface area contributed by atoms with Crippen LogP contribution in [0.1, 0.15) is 23.7 Å². The molecule has 0 N–H and O–H groups in total. The summed E-state index contributed by atoms with van der Waals surface area (Å²) in [6, 6.07) is 5.27. The zero-order valence-corrected chi connectivity index (χ0v) is 10.6. The molecule has 0 saturated carbocycles. The number of ether oxygens (including phenoxy) is 3. The van der Waals surface area contributed by atoms with E-state index in [2.05, 4.69) is 0 Å². The van der Waals surface area contributed by atoms with Gasteiger partial charge in [-0.15, -0.1) is 0 Å². The highest BCUT2D eigenvalue weighted by Gasteiger charge is 2.19. The maximum Gasteiger partial charge on any atom is 0.172 e. The van der Waals surface area contributed by atoms with Gasteiger partial charge in [0.1, 0.15) is 17.1 Å². The van der Waals surface area contributed by atoms with Crippen molar-refractivity contribution in [2.75, 3.05) is 21.3 Å². The minimum Gasteiger partial charge on any atom is -0.496 e. The lowest BCUT2D eigenvalue weighted by molar-refractivity contribution is 0.0787. The molecular formula is C13H18O4. The Morgan fingerprint density at radius 3 is 2.12 bits per heavy atom. The highest BCUT2D eigenvalue weighted by Crippen LogP contribution is 2.29. The summed E-state index contributed by atoms with van der Waals surface area (Å²) < 4.78 is 15.5. The first kappa shape index (κ1) is 13.5. The van der Waals surface area contributed by atoms with E-state index in [1.807, 2.05) is 6.92 Å². The van der Waals surface area contributed by atoms with Gasteiger partial charge in [-0.2, -0.15) is 0 Å². The van der Waals surface area contributed by atoms with Crippen LogP contribution >= 0.6 is 0 Å². The molecule has 1 rings (SSSR count). The fraction of sp³-hybridized carbons (Fsp3) is 0.462. The molecule has 0 aliphatic carbocycles. The molecule has 0 fully saturated rings. The first-order valence-electron chi connectivity index (χ1n) is 5.41. The van der Waals surface area contributed by atoms with Crippen molar-refractivity contribution >= 4 is 5.78 Å². The number of ketones is 1. The van der Waals surface area contributed by atoms with Gasteiger partial charge in [-0.3, -0.25) is 4.79 Å². The smallest absolute Gasteiger partial charge is 0.172 e. The SMILES string of the molecule is COc1cccc(OC)c1C(=O)CC(C)OC. The second-order valence-electron chi connectivity index (χ2n) is 3.71. The molecule has 4 nitrogen and oxygen atoms in total. The Kier molecular flexibility index (Phi) is 4.97. The van der Waals surface area contributed by atoms with E-state index in [9.17, 15) is 4.79 Å². The molecule has 0 saturated heterocycles. The van der Waals surface area contributed by atoms with Crippen molar-refractivity contribution in [2.24, 2.45) is 0 Å². The Morgan fingerprint density at radius 2 is 1.71 bits per heavy atom. The van der Waals surface area contributed by atoms with Gasteiger partial charge in [-0.25, -0.2) is 0 Å². The first-order chi connectivity index (χ1) is 8.13. The summed E-state index contributed by atoms with van der Waals surface area (Å²) in [5, 5.41) is 0. The molecule has 0 amide bonds. The van der Waals surface area contributed by atoms with Gasteiger partial charge < -0.3 is 14.2 Å². The molecule has 0 aliphatic rings. The number of hydrogen-bond acceptors (Lipinski definition) is 4. The molecule has 0 aliphatic heterocycles. The summed E-state index contributed by atoms with van der Waals surface area (Å²) >= 11 is 0. The zero-order valence-electron chi connectivity index (χ0n) is 10.6. The van der Waals surface area contributed by atoms with Crippen LogP contribution in [-0.4, -0.2) is 33.2 Å². The maximum atomic E-state index is 12.1. The monoisotopic (exact) mass is 238 g/mol. The van der Waals surface area contributed by atoms with Crippen molar-refractivity contribution in [2.45, 2.75) is 19.4 Å². The highest BCUT2D eigenvalue weighted by atomic mass is 16.5. The molecule has 1 aromatic rings. The molecule has 17 heavy (non-hydrogen) atoms. The molecule has 0 radical (unpaired) electrons. The fourth-order valence-corrected chi connectivity index (χ4v) is 1.57. The van der Waals surface area contributed by atoms with Crippen LogP contribution in [0.25, 0.3) is 0 Å². The number of carbonyl (C=O) groups excluding carboxylic acids is 1. The third-order valence-corrected chi connectivity index (χ3v) is 2.58. The second kappa shape index (κ2) is 6.25. The van der Waals surface area contributed by atoms with Crippen LogP contribution in [0, 0.1) is 0 Å². The molecule has 1 unspecified atom stereocenters. The van der Waals surface area contributed by atoms with Crippen molar-refractivity contribution in [1.29, 1.82) is 0 Å². The lowest BCUT2D eigenvalue weighted by atomic mass is 10.0. The summed E-state index contributed by atoms with van der Waals surface area (Å²) in [7, 11) is 4.65. The van der Waals surface area contributed by atoms with E-state index in [-0.39, 0.29) is 11.9 Å². The summed E-state index contributed by atoms with van der Waals surface area (Å²) in [6.45, 7) is 1.85. The minimum atomic E-state index is -0.128. The number of Topliss-reactive ketones (excluding diaryl/α,β-unsaturated/α-hetero) is 1. The largest absolute Gasteiger partial charge is 0.496 e. The van der Waals surface area contributed by atoms with Gasteiger partial charge in [-0.05, 0) is 19.1 Å². The van der Waals surface area contributed by atoms with E-state index in [0.717, 1.165) is 0 Å². The molecule has 4 heteroatoms. The van der Waals surface area contributed by atoms with Gasteiger partial charge in [-0.1, -0.05) is 6.07 Å². The summed E-state index contributed by atoms with van der Waals surface area (Å²) in [4.78, 5) is 12.1. The summed E-state index contributed by atoms with van der Waals surface area (Å²) in [5.41, 5.74) is 0.474. The van der Waals surface area contributed by atoms with E-state index >= 15 is 0 Å². The molecular weight excluding hydrogens is 220 g/mol. The maximum absolute atomic E-state index is 12.1. The van der Waals surface area contributed by atoms with Gasteiger partial charge in [0, 0.05) is 13.5 Å². The van der Waals surface area contributed by atoms with Gasteiger partial charge >= 0.3 is 0 Å². The fourth-order valence-electron chi connectivity index (χ4n) is 1.57. The van der Waals surface area contributed by atoms with Crippen LogP contribution in [0.4, 0.5) is 0 Å². The highest BCUT2D eigenvalue weighted by molar-refractivity contribution is 6.01. The van der Waals surface area contributed by atoms with Crippen LogP contribution in [0.2, 0.25) is 0 Å². The predicted octanol–water partition coefficient (Wildman–Crippen LogP) is 2.31. The number of methoxy groups -OCH3 is 3. The van der Waals surface area contributed by atoms with E-state index in [1.165, 1.54) is 14.2 Å². The summed E-state index contributed by atoms with van der Waals surface area (Å²) in [5.74, 6) is 1.00. The van der Waals surface area contributed by atoms with Gasteiger partial charge in [0.25, 0.3) is 0 Å². The molecule has 1 aromatic carbocycles. The molecule has 0 bridgehead atoms. The molecule has 1 atom stereocenters. The third-order valence-electron chi connectivity index (χ3n) is 2.58. The van der Waals surface area contributed by atoms with E-state index in [1.54, 1.807) is 25.3 Å². The van der Waals surface area contributed by atoms with Gasteiger partial charge in [0.2, 0.25) is 0 Å². The standard InChI is InChI=1S/C13H18O4/c1-9(15-2)8-10(14)13-11(16-3)6-5-7-12(13)17-4/h5-7,9H,8H2,1-4H3. The Hall–Kier alpha value is -1.55. The molecule has 94 valence electrons. The number of carbonyl (C=O) groups is 1. The van der Waals surface area contributed by atoms with Crippen LogP contribution in [0.15, 0.2) is 18.2 Å². The van der Waals surface area contributed by atoms with Crippen LogP contribution < -0.4 is 9.47 Å². The Balaban J connectivity index is 3.05. The summed E-state index contributed by atoms with van der Waals surface area (Å²) in [6.07, 6.45) is 0.171. The molecule has 0 aromatic heterocycles. The van der Waals surface area contributed by atoms with Crippen LogP contribution in [0.3, 0.4) is 0 Å². The van der Waals surface area contributed by atoms with Crippen molar-refractivity contribution in [3.8, 4) is 11.5 Å². The Morgan fingerprint density at radius 1 is 1.18 bits per heavy atom. The predicted molar refractivity (Wildman–Crippen MR) is 65.0 cm³/mol. The normalized spacial score (nSPS) is 12.0. The Labute approximate surface area is 101 Å². The lowest BCUT2D eigenvalue weighted by Gasteiger charge is -2.14. The van der Waals surface area contributed by atoms with E-state index < -0.39 is 0 Å². The average Bonchev–Trinajstić information content (AvgIpc) is 2.37. The van der Waals surface area contributed by atoms with E-state index in [0.29, 0.717) is 23.5 Å². The van der Waals surface area contributed by atoms with Crippen molar-refractivity contribution in [1.82, 2.24) is 0 Å². The Bertz CT molecular complexity index is 365. The number of hydrogen-bond donors (Lipinski definition) is 0.